The Balaban J connectivity index is 1.98. The van der Waals surface area contributed by atoms with Crippen LogP contribution in [0.25, 0.3) is 0 Å². The van der Waals surface area contributed by atoms with E-state index in [9.17, 15) is 0 Å². The molecule has 0 aliphatic heterocycles. The van der Waals surface area contributed by atoms with Crippen LogP contribution in [0.3, 0.4) is 0 Å². The van der Waals surface area contributed by atoms with Crippen molar-refractivity contribution in [1.29, 1.82) is 0 Å². The quantitative estimate of drug-likeness (QED) is 0.724. The molecular weight excluding hydrogens is 334 g/mol. The summed E-state index contributed by atoms with van der Waals surface area (Å²) in [5, 5.41) is 0. The minimum atomic E-state index is -0.0189. The topological polar surface area (TPSA) is 53.7 Å². The summed E-state index contributed by atoms with van der Waals surface area (Å²) in [4.78, 5) is 0. The van der Waals surface area contributed by atoms with Crippen LogP contribution in [-0.4, -0.2) is 33.0 Å². The smallest absolute Gasteiger partial charge is 0.133 e. The lowest BCUT2D eigenvalue weighted by atomic mass is 9.75. The average Bonchev–Trinajstić information content (AvgIpc) is 2.44. The lowest BCUT2D eigenvalue weighted by Crippen LogP contribution is -2.41. The fraction of sp³-hybridized carbons (Fsp3) is 0.625. The van der Waals surface area contributed by atoms with Gasteiger partial charge in [-0.3, -0.25) is 0 Å². The second-order valence-corrected chi connectivity index (χ2v) is 6.44. The van der Waals surface area contributed by atoms with Gasteiger partial charge >= 0.3 is 0 Å². The number of rotatable bonds is 8. The Morgan fingerprint density at radius 3 is 2.57 bits per heavy atom. The van der Waals surface area contributed by atoms with E-state index in [-0.39, 0.29) is 11.6 Å². The molecule has 1 atom stereocenters. The molecule has 1 saturated carbocycles. The number of halogens is 1. The minimum absolute atomic E-state index is 0.0144. The fourth-order valence-electron chi connectivity index (χ4n) is 2.68. The van der Waals surface area contributed by atoms with Crippen LogP contribution in [-0.2, 0) is 9.47 Å². The lowest BCUT2D eigenvalue weighted by molar-refractivity contribution is -0.0817. The molecule has 0 radical (unpaired) electrons. The molecule has 1 fully saturated rings. The van der Waals surface area contributed by atoms with Crippen molar-refractivity contribution in [2.45, 2.75) is 37.3 Å². The summed E-state index contributed by atoms with van der Waals surface area (Å²) in [6.07, 6.45) is 4.31. The van der Waals surface area contributed by atoms with Crippen molar-refractivity contribution >= 4 is 15.9 Å². The van der Waals surface area contributed by atoms with E-state index in [0.29, 0.717) is 13.2 Å². The number of hydrogen-bond acceptors (Lipinski definition) is 4. The molecule has 0 bridgehead atoms. The van der Waals surface area contributed by atoms with Crippen LogP contribution >= 0.6 is 15.9 Å². The first-order chi connectivity index (χ1) is 10.1. The van der Waals surface area contributed by atoms with Crippen LogP contribution < -0.4 is 10.5 Å². The van der Waals surface area contributed by atoms with E-state index in [2.05, 4.69) is 15.9 Å². The van der Waals surface area contributed by atoms with Crippen LogP contribution in [0.2, 0.25) is 0 Å². The van der Waals surface area contributed by atoms with Crippen molar-refractivity contribution in [3.8, 4) is 5.75 Å². The standard InChI is InChI=1S/C16H24BrNO3/c1-19-8-9-21-15-5-4-12(10-13(15)17)14(18)11-16(20-2)6-3-7-16/h4-5,10,14H,3,6-9,11,18H2,1-2H3. The molecule has 0 aromatic heterocycles. The highest BCUT2D eigenvalue weighted by Crippen LogP contribution is 2.41. The molecule has 21 heavy (non-hydrogen) atoms. The van der Waals surface area contributed by atoms with Gasteiger partial charge in [0.1, 0.15) is 12.4 Å². The van der Waals surface area contributed by atoms with Crippen molar-refractivity contribution in [3.63, 3.8) is 0 Å². The summed E-state index contributed by atoms with van der Waals surface area (Å²) in [6.45, 7) is 1.11. The first-order valence-corrected chi connectivity index (χ1v) is 8.11. The van der Waals surface area contributed by atoms with E-state index in [1.165, 1.54) is 6.42 Å². The van der Waals surface area contributed by atoms with E-state index in [1.807, 2.05) is 18.2 Å². The summed E-state index contributed by atoms with van der Waals surface area (Å²) < 4.78 is 17.2. The van der Waals surface area contributed by atoms with Crippen LogP contribution in [0, 0.1) is 0 Å². The number of benzene rings is 1. The van der Waals surface area contributed by atoms with Crippen molar-refractivity contribution < 1.29 is 14.2 Å². The third-order valence-electron chi connectivity index (χ3n) is 4.22. The van der Waals surface area contributed by atoms with Gasteiger partial charge in [0.15, 0.2) is 0 Å². The van der Waals surface area contributed by atoms with Gasteiger partial charge in [0.25, 0.3) is 0 Å². The molecule has 1 unspecified atom stereocenters. The largest absolute Gasteiger partial charge is 0.490 e. The van der Waals surface area contributed by atoms with E-state index in [1.54, 1.807) is 14.2 Å². The van der Waals surface area contributed by atoms with Crippen molar-refractivity contribution in [3.05, 3.63) is 28.2 Å². The molecule has 1 aliphatic carbocycles. The Morgan fingerprint density at radius 1 is 1.29 bits per heavy atom. The van der Waals surface area contributed by atoms with Crippen molar-refractivity contribution in [1.82, 2.24) is 0 Å². The molecular formula is C16H24BrNO3. The second-order valence-electron chi connectivity index (χ2n) is 5.58. The van der Waals surface area contributed by atoms with Crippen LogP contribution in [0.15, 0.2) is 22.7 Å². The molecule has 4 nitrogen and oxygen atoms in total. The molecule has 0 heterocycles. The highest BCUT2D eigenvalue weighted by atomic mass is 79.9. The third-order valence-corrected chi connectivity index (χ3v) is 4.84. The molecule has 1 aromatic rings. The molecule has 118 valence electrons. The SMILES string of the molecule is COCCOc1ccc(C(N)CC2(OC)CCC2)cc1Br. The summed E-state index contributed by atoms with van der Waals surface area (Å²) in [5.74, 6) is 0.813. The van der Waals surface area contributed by atoms with E-state index >= 15 is 0 Å². The minimum Gasteiger partial charge on any atom is -0.490 e. The third kappa shape index (κ3) is 4.19. The Morgan fingerprint density at radius 2 is 2.05 bits per heavy atom. The predicted molar refractivity (Wildman–Crippen MR) is 86.6 cm³/mol. The predicted octanol–water partition coefficient (Wildman–Crippen LogP) is 3.43. The van der Waals surface area contributed by atoms with Gasteiger partial charge in [-0.1, -0.05) is 6.07 Å². The van der Waals surface area contributed by atoms with Crippen LogP contribution in [0.1, 0.15) is 37.3 Å². The first kappa shape index (κ1) is 16.7. The van der Waals surface area contributed by atoms with Gasteiger partial charge in [-0.05, 0) is 59.3 Å². The first-order valence-electron chi connectivity index (χ1n) is 7.32. The Kier molecular flexibility index (Phi) is 6.05. The van der Waals surface area contributed by atoms with Crippen LogP contribution in [0.5, 0.6) is 5.75 Å². The van der Waals surface area contributed by atoms with E-state index in [4.69, 9.17) is 19.9 Å². The van der Waals surface area contributed by atoms with Gasteiger partial charge in [-0.2, -0.15) is 0 Å². The summed E-state index contributed by atoms with van der Waals surface area (Å²) in [5.41, 5.74) is 7.43. The molecule has 0 spiro atoms. The highest BCUT2D eigenvalue weighted by Gasteiger charge is 2.38. The molecule has 2 N–H and O–H groups in total. The van der Waals surface area contributed by atoms with Crippen LogP contribution in [0.4, 0.5) is 0 Å². The monoisotopic (exact) mass is 357 g/mol. The van der Waals surface area contributed by atoms with Gasteiger partial charge in [-0.15, -0.1) is 0 Å². The summed E-state index contributed by atoms with van der Waals surface area (Å²) in [6, 6.07) is 6.00. The molecule has 5 heteroatoms. The highest BCUT2D eigenvalue weighted by molar-refractivity contribution is 9.10. The van der Waals surface area contributed by atoms with E-state index in [0.717, 1.165) is 35.0 Å². The second kappa shape index (κ2) is 7.58. The molecule has 2 rings (SSSR count). The molecule has 1 aliphatic rings. The van der Waals surface area contributed by atoms with Gasteiger partial charge < -0.3 is 19.9 Å². The van der Waals surface area contributed by atoms with Crippen molar-refractivity contribution in [2.24, 2.45) is 5.73 Å². The molecule has 1 aromatic carbocycles. The number of hydrogen-bond donors (Lipinski definition) is 1. The number of methoxy groups -OCH3 is 2. The Labute approximate surface area is 135 Å². The Hall–Kier alpha value is -0.620. The zero-order valence-corrected chi connectivity index (χ0v) is 14.3. The molecule has 0 amide bonds. The maximum atomic E-state index is 6.35. The van der Waals surface area contributed by atoms with Gasteiger partial charge in [-0.25, -0.2) is 0 Å². The fourth-order valence-corrected chi connectivity index (χ4v) is 3.19. The summed E-state index contributed by atoms with van der Waals surface area (Å²) >= 11 is 3.54. The lowest BCUT2D eigenvalue weighted by Gasteiger charge is -2.42. The van der Waals surface area contributed by atoms with Crippen molar-refractivity contribution in [2.75, 3.05) is 27.4 Å². The maximum absolute atomic E-state index is 6.35. The van der Waals surface area contributed by atoms with Gasteiger partial charge in [0.05, 0.1) is 16.7 Å². The number of nitrogens with two attached hydrogens (primary N) is 1. The zero-order valence-electron chi connectivity index (χ0n) is 12.7. The van der Waals surface area contributed by atoms with Gasteiger partial charge in [0.2, 0.25) is 0 Å². The summed E-state index contributed by atoms with van der Waals surface area (Å²) in [7, 11) is 3.45. The zero-order chi connectivity index (χ0) is 15.3. The Bertz CT molecular complexity index is 457. The number of ether oxygens (including phenoxy) is 3. The molecule has 0 saturated heterocycles. The van der Waals surface area contributed by atoms with Gasteiger partial charge in [0, 0.05) is 20.3 Å². The average molecular weight is 358 g/mol. The normalized spacial score (nSPS) is 18.1. The maximum Gasteiger partial charge on any atom is 0.133 e. The van der Waals surface area contributed by atoms with E-state index < -0.39 is 0 Å².